The zero-order valence-electron chi connectivity index (χ0n) is 20.4. The molecule has 2 amide bonds. The summed E-state index contributed by atoms with van der Waals surface area (Å²) in [6, 6.07) is 27.3. The second kappa shape index (κ2) is 10.7. The van der Waals surface area contributed by atoms with Gasteiger partial charge < -0.3 is 20.5 Å². The van der Waals surface area contributed by atoms with Gasteiger partial charge in [-0.25, -0.2) is 0 Å². The molecule has 0 fully saturated rings. The number of hydrogen-bond donors (Lipinski definition) is 0. The van der Waals surface area contributed by atoms with E-state index >= 15 is 0 Å². The van der Waals surface area contributed by atoms with Crippen molar-refractivity contribution >= 4 is 23.2 Å². The summed E-state index contributed by atoms with van der Waals surface area (Å²) in [6.45, 7) is 2.55. The second-order valence-corrected chi connectivity index (χ2v) is 8.98. The molecule has 4 aromatic rings. The standard InChI is InChI=1S/2C15H12NO2.Co/c2*1-10(17)16(18)13-6-7-15-12(9-13)8-11-4-2-3-5-14(11)15;/h2*2-7,9H,8H2,1H3;/q2*-1;+2. The van der Waals surface area contributed by atoms with E-state index in [4.69, 9.17) is 0 Å². The molecule has 187 valence electrons. The van der Waals surface area contributed by atoms with E-state index in [2.05, 4.69) is 24.3 Å². The van der Waals surface area contributed by atoms with Gasteiger partial charge in [-0.3, -0.25) is 9.59 Å². The van der Waals surface area contributed by atoms with Crippen molar-refractivity contribution in [2.45, 2.75) is 26.7 Å². The predicted molar refractivity (Wildman–Crippen MR) is 142 cm³/mol. The van der Waals surface area contributed by atoms with E-state index in [0.717, 1.165) is 35.1 Å². The first-order chi connectivity index (χ1) is 17.3. The number of benzene rings is 4. The molecular formula is C30H24CoN2O4. The third kappa shape index (κ3) is 5.07. The predicted octanol–water partition coefficient (Wildman–Crippen LogP) is 6.21. The molecule has 0 saturated heterocycles. The van der Waals surface area contributed by atoms with Crippen LogP contribution in [0.3, 0.4) is 0 Å². The van der Waals surface area contributed by atoms with Crippen LogP contribution < -0.4 is 10.1 Å². The number of nitrogens with zero attached hydrogens (tertiary/aromatic N) is 2. The number of rotatable bonds is 2. The van der Waals surface area contributed by atoms with Gasteiger partial charge in [0.05, 0.1) is 0 Å². The summed E-state index contributed by atoms with van der Waals surface area (Å²) in [7, 11) is 0. The Kier molecular flexibility index (Phi) is 7.61. The maximum atomic E-state index is 11.6. The molecule has 2 aliphatic rings. The Hall–Kier alpha value is -3.75. The van der Waals surface area contributed by atoms with Crippen LogP contribution in [0.1, 0.15) is 36.1 Å². The Morgan fingerprint density at radius 2 is 0.919 bits per heavy atom. The van der Waals surface area contributed by atoms with Crippen LogP contribution in [0.2, 0.25) is 0 Å². The number of hydrogen-bond acceptors (Lipinski definition) is 4. The van der Waals surface area contributed by atoms with Gasteiger partial charge in [-0.1, -0.05) is 60.7 Å². The quantitative estimate of drug-likeness (QED) is 0.247. The van der Waals surface area contributed by atoms with Crippen molar-refractivity contribution in [2.24, 2.45) is 0 Å². The summed E-state index contributed by atoms with van der Waals surface area (Å²) < 4.78 is 0. The normalized spacial score (nSPS) is 11.6. The number of fused-ring (bicyclic) bond motifs is 6. The van der Waals surface area contributed by atoms with Crippen molar-refractivity contribution in [1.82, 2.24) is 0 Å². The SMILES string of the molecule is CC(=O)N([O-])c1ccc2c(c1)Cc1ccccc1-2.CC(=O)N([O-])c1ccc2c(c1)Cc1ccccc1-2.[Co+2]. The Labute approximate surface area is 225 Å². The van der Waals surface area contributed by atoms with E-state index in [1.165, 1.54) is 36.1 Å². The number of hydroxylamine groups is 2. The molecule has 6 rings (SSSR count). The molecule has 1 radical (unpaired) electrons. The third-order valence-corrected chi connectivity index (χ3v) is 6.60. The summed E-state index contributed by atoms with van der Waals surface area (Å²) in [5.74, 6) is -0.990. The van der Waals surface area contributed by atoms with Crippen LogP contribution in [0.25, 0.3) is 22.3 Å². The van der Waals surface area contributed by atoms with Crippen LogP contribution >= 0.6 is 0 Å². The zero-order valence-corrected chi connectivity index (χ0v) is 21.4. The van der Waals surface area contributed by atoms with Gasteiger partial charge in [-0.15, -0.1) is 0 Å². The molecule has 37 heavy (non-hydrogen) atoms. The maximum Gasteiger partial charge on any atom is 2.00 e. The molecule has 0 spiro atoms. The Balaban J connectivity index is 0.000000168. The van der Waals surface area contributed by atoms with Crippen molar-refractivity contribution in [1.29, 1.82) is 0 Å². The van der Waals surface area contributed by atoms with Crippen LogP contribution in [0.5, 0.6) is 0 Å². The summed E-state index contributed by atoms with van der Waals surface area (Å²) in [5.41, 5.74) is 10.3. The molecule has 2 aliphatic carbocycles. The maximum absolute atomic E-state index is 11.6. The number of carbonyl (C=O) groups is 2. The average molecular weight is 535 g/mol. The molecule has 7 heteroatoms. The van der Waals surface area contributed by atoms with Crippen molar-refractivity contribution in [3.05, 3.63) is 118 Å². The molecule has 0 aliphatic heterocycles. The molecule has 0 saturated carbocycles. The van der Waals surface area contributed by atoms with Gasteiger partial charge in [0.25, 0.3) is 0 Å². The Morgan fingerprint density at radius 1 is 0.568 bits per heavy atom. The third-order valence-electron chi connectivity index (χ3n) is 6.60. The van der Waals surface area contributed by atoms with Crippen molar-refractivity contribution in [3.63, 3.8) is 0 Å². The van der Waals surface area contributed by atoms with E-state index in [1.807, 2.05) is 48.5 Å². The monoisotopic (exact) mass is 535 g/mol. The van der Waals surface area contributed by atoms with Crippen LogP contribution in [-0.2, 0) is 39.2 Å². The molecule has 4 aromatic carbocycles. The summed E-state index contributed by atoms with van der Waals surface area (Å²) in [4.78, 5) is 22.2. The fourth-order valence-electron chi connectivity index (χ4n) is 4.88. The second-order valence-electron chi connectivity index (χ2n) is 8.98. The largest absolute Gasteiger partial charge is 2.00 e. The van der Waals surface area contributed by atoms with Gasteiger partial charge in [-0.2, -0.15) is 0 Å². The molecule has 0 unspecified atom stereocenters. The van der Waals surface area contributed by atoms with Crippen molar-refractivity contribution < 1.29 is 26.4 Å². The fraction of sp³-hybridized carbons (Fsp3) is 0.133. The van der Waals surface area contributed by atoms with E-state index in [1.54, 1.807) is 12.1 Å². The molecule has 0 heterocycles. The number of anilines is 2. The minimum atomic E-state index is -0.495. The Morgan fingerprint density at radius 3 is 1.30 bits per heavy atom. The summed E-state index contributed by atoms with van der Waals surface area (Å²) >= 11 is 0. The van der Waals surface area contributed by atoms with E-state index in [0.29, 0.717) is 21.5 Å². The van der Waals surface area contributed by atoms with Gasteiger partial charge in [0, 0.05) is 25.2 Å². The molecule has 0 aromatic heterocycles. The number of carbonyl (C=O) groups excluding carboxylic acids is 2. The fourth-order valence-corrected chi connectivity index (χ4v) is 4.88. The first-order valence-electron chi connectivity index (χ1n) is 11.7. The molecule has 0 bridgehead atoms. The first-order valence-corrected chi connectivity index (χ1v) is 11.7. The van der Waals surface area contributed by atoms with Gasteiger partial charge in [0.15, 0.2) is 0 Å². The Bertz CT molecular complexity index is 1390. The van der Waals surface area contributed by atoms with Crippen LogP contribution in [0, 0.1) is 10.4 Å². The molecule has 0 N–H and O–H groups in total. The van der Waals surface area contributed by atoms with Crippen LogP contribution in [0.15, 0.2) is 84.9 Å². The first kappa shape index (κ1) is 26.3. The van der Waals surface area contributed by atoms with E-state index in [-0.39, 0.29) is 16.8 Å². The van der Waals surface area contributed by atoms with Gasteiger partial charge in [0.1, 0.15) is 0 Å². The van der Waals surface area contributed by atoms with E-state index in [9.17, 15) is 20.0 Å². The zero-order chi connectivity index (χ0) is 25.4. The summed E-state index contributed by atoms with van der Waals surface area (Å²) in [6.07, 6.45) is 1.65. The minimum Gasteiger partial charge on any atom is -0.752 e. The topological polar surface area (TPSA) is 86.7 Å². The smallest absolute Gasteiger partial charge is 0.752 e. The molecule has 6 nitrogen and oxygen atoms in total. The minimum absolute atomic E-state index is 0. The average Bonchev–Trinajstić information content (AvgIpc) is 3.45. The van der Waals surface area contributed by atoms with Gasteiger partial charge in [0.2, 0.25) is 11.8 Å². The van der Waals surface area contributed by atoms with Gasteiger partial charge in [-0.05, 0) is 81.6 Å². The van der Waals surface area contributed by atoms with E-state index < -0.39 is 11.8 Å². The molecule has 0 atom stereocenters. The van der Waals surface area contributed by atoms with Crippen LogP contribution in [-0.4, -0.2) is 11.8 Å². The summed E-state index contributed by atoms with van der Waals surface area (Å²) in [5, 5.41) is 24.0. The van der Waals surface area contributed by atoms with Gasteiger partial charge >= 0.3 is 16.8 Å². The molecular weight excluding hydrogens is 511 g/mol. The number of amides is 2. The van der Waals surface area contributed by atoms with Crippen LogP contribution in [0.4, 0.5) is 11.4 Å². The van der Waals surface area contributed by atoms with Crippen molar-refractivity contribution in [2.75, 3.05) is 10.1 Å². The van der Waals surface area contributed by atoms with Crippen molar-refractivity contribution in [3.8, 4) is 22.3 Å².